The molecule has 3 rings (SSSR count). The van der Waals surface area contributed by atoms with Gasteiger partial charge in [-0.2, -0.15) is 0 Å². The standard InChI is InChI=1S/C21H24N4O3S/c1-4-25-20(15(2)28-16-10-6-5-7-11-16)23-24-21(25)29-14-19(26)22-17-12-8-9-13-18(17)27-3/h5-13,15H,4,14H2,1-3H3,(H,22,26)/t15-/m1/s1. The van der Waals surface area contributed by atoms with Crippen molar-refractivity contribution in [3.63, 3.8) is 0 Å². The molecule has 0 saturated carbocycles. The number of amides is 1. The summed E-state index contributed by atoms with van der Waals surface area (Å²) in [5.74, 6) is 2.20. The van der Waals surface area contributed by atoms with Crippen molar-refractivity contribution < 1.29 is 14.3 Å². The van der Waals surface area contributed by atoms with E-state index in [1.54, 1.807) is 19.2 Å². The maximum Gasteiger partial charge on any atom is 0.234 e. The average molecular weight is 413 g/mol. The third-order valence-corrected chi connectivity index (χ3v) is 5.16. The Morgan fingerprint density at radius 2 is 1.86 bits per heavy atom. The second kappa shape index (κ2) is 9.97. The van der Waals surface area contributed by atoms with E-state index in [9.17, 15) is 4.79 Å². The number of anilines is 1. The van der Waals surface area contributed by atoms with E-state index >= 15 is 0 Å². The first-order valence-corrected chi connectivity index (χ1v) is 10.3. The summed E-state index contributed by atoms with van der Waals surface area (Å²) in [5, 5.41) is 12.1. The Balaban J connectivity index is 1.63. The quantitative estimate of drug-likeness (QED) is 0.531. The third-order valence-electron chi connectivity index (χ3n) is 4.19. The highest BCUT2D eigenvalue weighted by molar-refractivity contribution is 7.99. The molecule has 29 heavy (non-hydrogen) atoms. The number of aromatic nitrogens is 3. The Hall–Kier alpha value is -3.00. The summed E-state index contributed by atoms with van der Waals surface area (Å²) >= 11 is 1.34. The third kappa shape index (κ3) is 5.29. The number of nitrogens with zero attached hydrogens (tertiary/aromatic N) is 3. The molecule has 0 spiro atoms. The van der Waals surface area contributed by atoms with Gasteiger partial charge >= 0.3 is 0 Å². The Morgan fingerprint density at radius 1 is 1.14 bits per heavy atom. The van der Waals surface area contributed by atoms with Gasteiger partial charge in [0, 0.05) is 6.54 Å². The molecule has 0 radical (unpaired) electrons. The van der Waals surface area contributed by atoms with Gasteiger partial charge in [-0.1, -0.05) is 42.1 Å². The van der Waals surface area contributed by atoms with Crippen LogP contribution in [0.15, 0.2) is 59.8 Å². The first kappa shape index (κ1) is 20.7. The zero-order chi connectivity index (χ0) is 20.6. The first-order chi connectivity index (χ1) is 14.1. The number of rotatable bonds is 9. The molecule has 0 unspecified atom stereocenters. The zero-order valence-corrected chi connectivity index (χ0v) is 17.5. The van der Waals surface area contributed by atoms with Gasteiger partial charge in [-0.05, 0) is 38.1 Å². The van der Waals surface area contributed by atoms with Gasteiger partial charge in [-0.15, -0.1) is 10.2 Å². The number of carbonyl (C=O) groups excluding carboxylic acids is 1. The second-order valence-corrected chi connectivity index (χ2v) is 7.14. The molecule has 152 valence electrons. The van der Waals surface area contributed by atoms with Crippen molar-refractivity contribution in [3.8, 4) is 11.5 Å². The lowest BCUT2D eigenvalue weighted by Crippen LogP contribution is -2.16. The highest BCUT2D eigenvalue weighted by atomic mass is 32.2. The largest absolute Gasteiger partial charge is 0.495 e. The minimum atomic E-state index is -0.262. The summed E-state index contributed by atoms with van der Waals surface area (Å²) in [7, 11) is 1.57. The van der Waals surface area contributed by atoms with E-state index in [4.69, 9.17) is 9.47 Å². The molecule has 0 bridgehead atoms. The molecule has 1 heterocycles. The van der Waals surface area contributed by atoms with E-state index in [-0.39, 0.29) is 17.8 Å². The van der Waals surface area contributed by atoms with Crippen LogP contribution in [0.2, 0.25) is 0 Å². The minimum Gasteiger partial charge on any atom is -0.495 e. The van der Waals surface area contributed by atoms with Crippen LogP contribution < -0.4 is 14.8 Å². The minimum absolute atomic E-state index is 0.139. The van der Waals surface area contributed by atoms with Crippen LogP contribution in [0.5, 0.6) is 11.5 Å². The number of para-hydroxylation sites is 3. The molecule has 0 aliphatic carbocycles. The number of hydrogen-bond acceptors (Lipinski definition) is 6. The summed E-state index contributed by atoms with van der Waals surface area (Å²) in [6.45, 7) is 4.63. The molecule has 8 heteroatoms. The lowest BCUT2D eigenvalue weighted by Gasteiger charge is -2.15. The maximum absolute atomic E-state index is 12.4. The molecule has 7 nitrogen and oxygen atoms in total. The molecular formula is C21H24N4O3S. The topological polar surface area (TPSA) is 78.3 Å². The number of thioether (sulfide) groups is 1. The monoisotopic (exact) mass is 412 g/mol. The van der Waals surface area contributed by atoms with Crippen LogP contribution in [0, 0.1) is 0 Å². The van der Waals surface area contributed by atoms with Gasteiger partial charge in [-0.3, -0.25) is 4.79 Å². The van der Waals surface area contributed by atoms with Crippen LogP contribution in [0.1, 0.15) is 25.8 Å². The fourth-order valence-corrected chi connectivity index (χ4v) is 3.63. The molecule has 1 amide bonds. The fraction of sp³-hybridized carbons (Fsp3) is 0.286. The number of methoxy groups -OCH3 is 1. The average Bonchev–Trinajstić information content (AvgIpc) is 3.16. The second-order valence-electron chi connectivity index (χ2n) is 6.20. The van der Waals surface area contributed by atoms with Gasteiger partial charge in [0.2, 0.25) is 5.91 Å². The van der Waals surface area contributed by atoms with Gasteiger partial charge in [0.15, 0.2) is 17.1 Å². The van der Waals surface area contributed by atoms with Gasteiger partial charge in [0.1, 0.15) is 11.5 Å². The predicted octanol–water partition coefficient (Wildman–Crippen LogP) is 4.18. The molecule has 0 saturated heterocycles. The van der Waals surface area contributed by atoms with E-state index in [0.29, 0.717) is 23.1 Å². The van der Waals surface area contributed by atoms with Crippen molar-refractivity contribution in [3.05, 3.63) is 60.4 Å². The van der Waals surface area contributed by atoms with E-state index in [0.717, 1.165) is 11.6 Å². The molecular weight excluding hydrogens is 388 g/mol. The summed E-state index contributed by atoms with van der Waals surface area (Å²) < 4.78 is 13.2. The maximum atomic E-state index is 12.4. The molecule has 1 aromatic heterocycles. The van der Waals surface area contributed by atoms with Crippen LogP contribution in [0.25, 0.3) is 0 Å². The van der Waals surface area contributed by atoms with Crippen LogP contribution in [-0.4, -0.2) is 33.5 Å². The van der Waals surface area contributed by atoms with Crippen LogP contribution in [-0.2, 0) is 11.3 Å². The van der Waals surface area contributed by atoms with Crippen molar-refractivity contribution in [1.82, 2.24) is 14.8 Å². The molecule has 1 N–H and O–H groups in total. The normalized spacial score (nSPS) is 11.7. The van der Waals surface area contributed by atoms with Crippen molar-refractivity contribution in [2.75, 3.05) is 18.2 Å². The van der Waals surface area contributed by atoms with E-state index in [1.807, 2.05) is 60.9 Å². The van der Waals surface area contributed by atoms with Gasteiger partial charge in [0.25, 0.3) is 0 Å². The fourth-order valence-electron chi connectivity index (χ4n) is 2.82. The highest BCUT2D eigenvalue weighted by Gasteiger charge is 2.19. The summed E-state index contributed by atoms with van der Waals surface area (Å²) in [6.07, 6.45) is -0.262. The molecule has 3 aromatic rings. The van der Waals surface area contributed by atoms with Gasteiger partial charge < -0.3 is 19.4 Å². The summed E-state index contributed by atoms with van der Waals surface area (Å²) in [5.41, 5.74) is 0.642. The van der Waals surface area contributed by atoms with E-state index in [1.165, 1.54) is 11.8 Å². The Bertz CT molecular complexity index is 946. The van der Waals surface area contributed by atoms with Crippen LogP contribution >= 0.6 is 11.8 Å². The first-order valence-electron chi connectivity index (χ1n) is 9.32. The smallest absolute Gasteiger partial charge is 0.234 e. The van der Waals surface area contributed by atoms with Crippen LogP contribution in [0.3, 0.4) is 0 Å². The Kier molecular flexibility index (Phi) is 7.13. The lowest BCUT2D eigenvalue weighted by molar-refractivity contribution is -0.113. The van der Waals surface area contributed by atoms with Crippen molar-refractivity contribution in [2.24, 2.45) is 0 Å². The Morgan fingerprint density at radius 3 is 2.59 bits per heavy atom. The lowest BCUT2D eigenvalue weighted by atomic mass is 10.3. The number of ether oxygens (including phenoxy) is 2. The molecule has 0 fully saturated rings. The Labute approximate surface area is 174 Å². The molecule has 2 aromatic carbocycles. The van der Waals surface area contributed by atoms with Crippen molar-refractivity contribution >= 4 is 23.4 Å². The van der Waals surface area contributed by atoms with E-state index in [2.05, 4.69) is 15.5 Å². The summed E-state index contributed by atoms with van der Waals surface area (Å²) in [6, 6.07) is 16.9. The van der Waals surface area contributed by atoms with Crippen molar-refractivity contribution in [1.29, 1.82) is 0 Å². The molecule has 0 aliphatic rings. The SMILES string of the molecule is CCn1c(SCC(=O)Nc2ccccc2OC)nnc1[C@@H](C)Oc1ccccc1. The van der Waals surface area contributed by atoms with Gasteiger partial charge in [-0.25, -0.2) is 0 Å². The number of benzene rings is 2. The van der Waals surface area contributed by atoms with Crippen LogP contribution in [0.4, 0.5) is 5.69 Å². The van der Waals surface area contributed by atoms with Crippen molar-refractivity contribution in [2.45, 2.75) is 31.7 Å². The highest BCUT2D eigenvalue weighted by Crippen LogP contribution is 2.26. The summed E-state index contributed by atoms with van der Waals surface area (Å²) in [4.78, 5) is 12.4. The number of carbonyl (C=O) groups is 1. The van der Waals surface area contributed by atoms with Gasteiger partial charge in [0.05, 0.1) is 18.6 Å². The number of hydrogen-bond donors (Lipinski definition) is 1. The van der Waals surface area contributed by atoms with E-state index < -0.39 is 0 Å². The zero-order valence-electron chi connectivity index (χ0n) is 16.7. The molecule has 0 aliphatic heterocycles. The number of nitrogens with one attached hydrogen (secondary N) is 1. The predicted molar refractivity (Wildman–Crippen MR) is 114 cm³/mol. The molecule has 1 atom stereocenters.